The molecule has 0 N–H and O–H groups in total. The lowest BCUT2D eigenvalue weighted by Gasteiger charge is -2.35. The number of benzene rings is 1. The molecule has 1 aliphatic carbocycles. The molecule has 0 spiro atoms. The van der Waals surface area contributed by atoms with Crippen LogP contribution in [0.4, 0.5) is 5.82 Å². The first-order chi connectivity index (χ1) is 12.8. The zero-order valence-corrected chi connectivity index (χ0v) is 15.3. The molecule has 132 valence electrons. The molecule has 0 radical (unpaired) electrons. The summed E-state index contributed by atoms with van der Waals surface area (Å²) < 4.78 is 2.29. The summed E-state index contributed by atoms with van der Waals surface area (Å²) in [4.78, 5) is 7.44. The van der Waals surface area contributed by atoms with Gasteiger partial charge in [0.05, 0.1) is 16.6 Å². The Morgan fingerprint density at radius 2 is 1.81 bits per heavy atom. The van der Waals surface area contributed by atoms with Gasteiger partial charge in [-0.2, -0.15) is 5.26 Å². The average Bonchev–Trinajstić information content (AvgIpc) is 3.06. The van der Waals surface area contributed by atoms with Crippen LogP contribution in [0.25, 0.3) is 16.7 Å². The lowest BCUT2D eigenvalue weighted by Crippen LogP contribution is -2.35. The number of piperidine rings is 1. The Morgan fingerprint density at radius 3 is 2.58 bits per heavy atom. The standard InChI is InChI=1S/C22H24N4/c1-15-10-12-25(13-11-15)22-17-7-3-2-6-16(17)18(14-23)21-24-19-8-4-5-9-20(19)26(21)22/h4-5,8-9,15H,2-3,6-7,10-13H2,1H3. The van der Waals surface area contributed by atoms with Gasteiger partial charge in [-0.25, -0.2) is 4.98 Å². The zero-order valence-electron chi connectivity index (χ0n) is 15.3. The van der Waals surface area contributed by atoms with Gasteiger partial charge in [-0.1, -0.05) is 19.1 Å². The van der Waals surface area contributed by atoms with Gasteiger partial charge in [-0.05, 0) is 67.7 Å². The maximum Gasteiger partial charge on any atom is 0.157 e. The summed E-state index contributed by atoms with van der Waals surface area (Å²) in [6.07, 6.45) is 6.95. The van der Waals surface area contributed by atoms with Crippen LogP contribution in [0.1, 0.15) is 49.3 Å². The summed E-state index contributed by atoms with van der Waals surface area (Å²) in [6.45, 7) is 4.55. The lowest BCUT2D eigenvalue weighted by atomic mass is 9.88. The number of rotatable bonds is 1. The first-order valence-corrected chi connectivity index (χ1v) is 9.88. The fraction of sp³-hybridized carbons (Fsp3) is 0.455. The molecule has 3 aromatic rings. The van der Waals surface area contributed by atoms with Crippen LogP contribution in [0.15, 0.2) is 24.3 Å². The third-order valence-corrected chi connectivity index (χ3v) is 6.23. The summed E-state index contributed by atoms with van der Waals surface area (Å²) in [5, 5.41) is 9.94. The largest absolute Gasteiger partial charge is 0.357 e. The van der Waals surface area contributed by atoms with Crippen molar-refractivity contribution in [2.24, 2.45) is 5.92 Å². The molecule has 0 atom stereocenters. The third kappa shape index (κ3) is 2.23. The number of fused-ring (bicyclic) bond motifs is 4. The van der Waals surface area contributed by atoms with E-state index in [1.165, 1.54) is 42.6 Å². The Bertz CT molecular complexity index is 1030. The Kier molecular flexibility index (Phi) is 3.63. The molecule has 0 amide bonds. The summed E-state index contributed by atoms with van der Waals surface area (Å²) in [6, 6.07) is 10.8. The van der Waals surface area contributed by atoms with Crippen LogP contribution in [0, 0.1) is 17.2 Å². The number of aromatic nitrogens is 2. The van der Waals surface area contributed by atoms with E-state index in [2.05, 4.69) is 40.5 Å². The van der Waals surface area contributed by atoms with Gasteiger partial charge in [0.25, 0.3) is 0 Å². The molecule has 4 heteroatoms. The SMILES string of the molecule is CC1CCN(c2c3c(c(C#N)c4nc5ccccc5n24)CCCC3)CC1. The second kappa shape index (κ2) is 6.02. The van der Waals surface area contributed by atoms with Crippen LogP contribution >= 0.6 is 0 Å². The van der Waals surface area contributed by atoms with Crippen molar-refractivity contribution in [3.05, 3.63) is 41.0 Å². The average molecular weight is 344 g/mol. The van der Waals surface area contributed by atoms with Gasteiger partial charge in [0.15, 0.2) is 5.65 Å². The molecule has 1 saturated heterocycles. The van der Waals surface area contributed by atoms with Crippen LogP contribution in [-0.2, 0) is 12.8 Å². The van der Waals surface area contributed by atoms with E-state index >= 15 is 0 Å². The predicted octanol–water partition coefficient (Wildman–Crippen LogP) is 4.47. The number of nitrogens with zero attached hydrogens (tertiary/aromatic N) is 4. The van der Waals surface area contributed by atoms with Gasteiger partial charge in [0, 0.05) is 13.1 Å². The number of para-hydroxylation sites is 2. The van der Waals surface area contributed by atoms with Crippen LogP contribution in [0.5, 0.6) is 0 Å². The van der Waals surface area contributed by atoms with Gasteiger partial charge in [-0.3, -0.25) is 4.40 Å². The highest BCUT2D eigenvalue weighted by molar-refractivity contribution is 5.86. The number of pyridine rings is 1. The summed E-state index contributed by atoms with van der Waals surface area (Å²) >= 11 is 0. The summed E-state index contributed by atoms with van der Waals surface area (Å²) in [5.41, 5.74) is 6.42. The summed E-state index contributed by atoms with van der Waals surface area (Å²) in [5.74, 6) is 2.12. The monoisotopic (exact) mass is 344 g/mol. The summed E-state index contributed by atoms with van der Waals surface area (Å²) in [7, 11) is 0. The van der Waals surface area contributed by atoms with Crippen molar-refractivity contribution >= 4 is 22.5 Å². The number of anilines is 1. The topological polar surface area (TPSA) is 44.3 Å². The minimum Gasteiger partial charge on any atom is -0.357 e. The van der Waals surface area contributed by atoms with Gasteiger partial charge in [-0.15, -0.1) is 0 Å². The molecule has 0 bridgehead atoms. The molecule has 1 fully saturated rings. The second-order valence-electron chi connectivity index (χ2n) is 7.90. The quantitative estimate of drug-likeness (QED) is 0.654. The molecule has 26 heavy (non-hydrogen) atoms. The zero-order chi connectivity index (χ0) is 17.7. The molecular formula is C22H24N4. The smallest absolute Gasteiger partial charge is 0.157 e. The van der Waals surface area contributed by atoms with E-state index in [0.29, 0.717) is 0 Å². The van der Waals surface area contributed by atoms with Gasteiger partial charge >= 0.3 is 0 Å². The molecule has 1 aliphatic heterocycles. The van der Waals surface area contributed by atoms with Crippen LogP contribution in [0.3, 0.4) is 0 Å². The molecule has 0 unspecified atom stereocenters. The number of hydrogen-bond acceptors (Lipinski definition) is 3. The molecule has 2 aromatic heterocycles. The van der Waals surface area contributed by atoms with Gasteiger partial charge in [0.2, 0.25) is 0 Å². The maximum atomic E-state index is 9.94. The number of nitriles is 1. The van der Waals surface area contributed by atoms with Crippen LogP contribution < -0.4 is 4.90 Å². The Hall–Kier alpha value is -2.54. The van der Waals surface area contributed by atoms with Crippen LogP contribution in [0.2, 0.25) is 0 Å². The van der Waals surface area contributed by atoms with E-state index in [1.807, 2.05) is 6.07 Å². The third-order valence-electron chi connectivity index (χ3n) is 6.23. The first-order valence-electron chi connectivity index (χ1n) is 9.88. The predicted molar refractivity (Wildman–Crippen MR) is 105 cm³/mol. The van der Waals surface area contributed by atoms with E-state index in [9.17, 15) is 5.26 Å². The molecule has 3 heterocycles. The van der Waals surface area contributed by atoms with E-state index < -0.39 is 0 Å². The Balaban J connectivity index is 1.88. The molecule has 4 nitrogen and oxygen atoms in total. The Morgan fingerprint density at radius 1 is 1.08 bits per heavy atom. The van der Waals surface area contributed by atoms with E-state index in [1.54, 1.807) is 0 Å². The second-order valence-corrected chi connectivity index (χ2v) is 7.90. The highest BCUT2D eigenvalue weighted by Crippen LogP contribution is 2.38. The highest BCUT2D eigenvalue weighted by atomic mass is 15.2. The van der Waals surface area contributed by atoms with Crippen molar-refractivity contribution < 1.29 is 0 Å². The van der Waals surface area contributed by atoms with Crippen molar-refractivity contribution in [1.29, 1.82) is 5.26 Å². The fourth-order valence-corrected chi connectivity index (χ4v) is 4.78. The first kappa shape index (κ1) is 15.7. The Labute approximate surface area is 154 Å². The molecule has 0 saturated carbocycles. The molecule has 5 rings (SSSR count). The van der Waals surface area contributed by atoms with Crippen molar-refractivity contribution in [3.8, 4) is 6.07 Å². The lowest BCUT2D eigenvalue weighted by molar-refractivity contribution is 0.435. The van der Waals surface area contributed by atoms with E-state index in [4.69, 9.17) is 4.98 Å². The van der Waals surface area contributed by atoms with Crippen molar-refractivity contribution in [2.45, 2.75) is 45.4 Å². The molecule has 1 aromatic carbocycles. The normalized spacial score (nSPS) is 18.2. The van der Waals surface area contributed by atoms with Crippen molar-refractivity contribution in [1.82, 2.24) is 9.38 Å². The minimum atomic E-state index is 0.796. The highest BCUT2D eigenvalue weighted by Gasteiger charge is 2.28. The number of imidazole rings is 1. The van der Waals surface area contributed by atoms with Crippen molar-refractivity contribution in [3.63, 3.8) is 0 Å². The molecule has 2 aliphatic rings. The molecular weight excluding hydrogens is 320 g/mol. The number of hydrogen-bond donors (Lipinski definition) is 0. The minimum absolute atomic E-state index is 0.796. The fourth-order valence-electron chi connectivity index (χ4n) is 4.78. The van der Waals surface area contributed by atoms with E-state index in [-0.39, 0.29) is 0 Å². The van der Waals surface area contributed by atoms with Crippen LogP contribution in [-0.4, -0.2) is 22.5 Å². The van der Waals surface area contributed by atoms with Gasteiger partial charge < -0.3 is 4.90 Å². The van der Waals surface area contributed by atoms with E-state index in [0.717, 1.165) is 54.1 Å². The van der Waals surface area contributed by atoms with Crippen molar-refractivity contribution in [2.75, 3.05) is 18.0 Å². The maximum absolute atomic E-state index is 9.94. The van der Waals surface area contributed by atoms with Gasteiger partial charge in [0.1, 0.15) is 11.9 Å².